The van der Waals surface area contributed by atoms with Crippen LogP contribution in [0.15, 0.2) is 30.5 Å². The number of aliphatic hydroxyl groups is 1. The van der Waals surface area contributed by atoms with Crippen LogP contribution in [0.5, 0.6) is 0 Å². The van der Waals surface area contributed by atoms with E-state index in [0.717, 1.165) is 5.56 Å². The summed E-state index contributed by atoms with van der Waals surface area (Å²) >= 11 is 0. The summed E-state index contributed by atoms with van der Waals surface area (Å²) < 4.78 is 13.7. The van der Waals surface area contributed by atoms with E-state index in [2.05, 4.69) is 4.98 Å². The van der Waals surface area contributed by atoms with Gasteiger partial charge in [0, 0.05) is 24.7 Å². The van der Waals surface area contributed by atoms with Gasteiger partial charge in [0.15, 0.2) is 0 Å². The molecule has 3 nitrogen and oxygen atoms in total. The monoisotopic (exact) mass is 262 g/mol. The number of benzene rings is 1. The predicted molar refractivity (Wildman–Crippen MR) is 74.3 cm³/mol. The first-order chi connectivity index (χ1) is 8.87. The Labute approximate surface area is 112 Å². The molecule has 0 aliphatic heterocycles. The predicted octanol–water partition coefficient (Wildman–Crippen LogP) is 2.58. The van der Waals surface area contributed by atoms with E-state index in [0.29, 0.717) is 24.0 Å². The summed E-state index contributed by atoms with van der Waals surface area (Å²) in [5, 5.41) is 10.3. The number of halogens is 1. The fourth-order valence-electron chi connectivity index (χ4n) is 2.33. The van der Waals surface area contributed by atoms with Gasteiger partial charge in [0.25, 0.3) is 0 Å². The quantitative estimate of drug-likeness (QED) is 0.920. The molecule has 2 aromatic rings. The number of pyridine rings is 1. The standard InChI is InChI=1S/C15H19FN2O/c1-15(2,19)10-18(3)9-11-6-7-13(16)12-5-4-8-17-14(11)12/h4-8,19H,9-10H2,1-3H3. The summed E-state index contributed by atoms with van der Waals surface area (Å²) in [6.45, 7) is 4.70. The largest absolute Gasteiger partial charge is 0.389 e. The topological polar surface area (TPSA) is 36.4 Å². The van der Waals surface area contributed by atoms with Gasteiger partial charge in [0.1, 0.15) is 5.82 Å². The third-order valence-electron chi connectivity index (χ3n) is 2.90. The van der Waals surface area contributed by atoms with Gasteiger partial charge in [-0.05, 0) is 44.7 Å². The lowest BCUT2D eigenvalue weighted by atomic mass is 10.1. The van der Waals surface area contributed by atoms with Crippen molar-refractivity contribution in [1.29, 1.82) is 0 Å². The lowest BCUT2D eigenvalue weighted by Gasteiger charge is -2.25. The molecule has 1 aromatic heterocycles. The van der Waals surface area contributed by atoms with Crippen molar-refractivity contribution in [2.24, 2.45) is 0 Å². The van der Waals surface area contributed by atoms with Gasteiger partial charge >= 0.3 is 0 Å². The SMILES string of the molecule is CN(Cc1ccc(F)c2cccnc12)CC(C)(C)O. The average Bonchev–Trinajstić information content (AvgIpc) is 2.31. The number of aromatic nitrogens is 1. The molecule has 0 unspecified atom stereocenters. The van der Waals surface area contributed by atoms with Crippen LogP contribution in [0.1, 0.15) is 19.4 Å². The maximum Gasteiger partial charge on any atom is 0.132 e. The molecule has 0 saturated carbocycles. The minimum absolute atomic E-state index is 0.253. The highest BCUT2D eigenvalue weighted by atomic mass is 19.1. The molecule has 0 saturated heterocycles. The number of likely N-dealkylation sites (N-methyl/N-ethyl adjacent to an activating group) is 1. The molecule has 19 heavy (non-hydrogen) atoms. The normalized spacial score (nSPS) is 12.3. The van der Waals surface area contributed by atoms with E-state index in [1.165, 1.54) is 6.07 Å². The molecule has 1 aromatic carbocycles. The van der Waals surface area contributed by atoms with E-state index in [9.17, 15) is 9.50 Å². The Morgan fingerprint density at radius 2 is 2.05 bits per heavy atom. The first kappa shape index (κ1) is 13.9. The molecule has 2 rings (SSSR count). The van der Waals surface area contributed by atoms with Crippen LogP contribution >= 0.6 is 0 Å². The maximum absolute atomic E-state index is 13.7. The molecule has 0 fully saturated rings. The molecular weight excluding hydrogens is 243 g/mol. The first-order valence-electron chi connectivity index (χ1n) is 6.30. The van der Waals surface area contributed by atoms with Crippen LogP contribution in [-0.2, 0) is 6.54 Å². The van der Waals surface area contributed by atoms with Crippen LogP contribution < -0.4 is 0 Å². The van der Waals surface area contributed by atoms with Crippen molar-refractivity contribution in [2.75, 3.05) is 13.6 Å². The summed E-state index contributed by atoms with van der Waals surface area (Å²) in [6.07, 6.45) is 1.67. The van der Waals surface area contributed by atoms with Gasteiger partial charge in [0.05, 0.1) is 11.1 Å². The van der Waals surface area contributed by atoms with Crippen LogP contribution in [0.2, 0.25) is 0 Å². The van der Waals surface area contributed by atoms with Gasteiger partial charge in [-0.2, -0.15) is 0 Å². The second-order valence-corrected chi connectivity index (χ2v) is 5.59. The molecule has 1 heterocycles. The zero-order chi connectivity index (χ0) is 14.0. The Bertz CT molecular complexity index is 578. The molecule has 0 bridgehead atoms. The van der Waals surface area contributed by atoms with Crippen LogP contribution in [0.3, 0.4) is 0 Å². The molecule has 0 spiro atoms. The fourth-order valence-corrected chi connectivity index (χ4v) is 2.33. The Hall–Kier alpha value is -1.52. The number of rotatable bonds is 4. The van der Waals surface area contributed by atoms with E-state index >= 15 is 0 Å². The molecule has 0 aliphatic rings. The van der Waals surface area contributed by atoms with Crippen molar-refractivity contribution in [2.45, 2.75) is 26.0 Å². The van der Waals surface area contributed by atoms with Crippen molar-refractivity contribution < 1.29 is 9.50 Å². The second-order valence-electron chi connectivity index (χ2n) is 5.59. The highest BCUT2D eigenvalue weighted by molar-refractivity contribution is 5.82. The lowest BCUT2D eigenvalue weighted by Crippen LogP contribution is -2.35. The minimum Gasteiger partial charge on any atom is -0.389 e. The molecule has 4 heteroatoms. The zero-order valence-corrected chi connectivity index (χ0v) is 11.5. The first-order valence-corrected chi connectivity index (χ1v) is 6.30. The molecule has 0 radical (unpaired) electrons. The van der Waals surface area contributed by atoms with Gasteiger partial charge in [-0.15, -0.1) is 0 Å². The number of nitrogens with zero attached hydrogens (tertiary/aromatic N) is 2. The van der Waals surface area contributed by atoms with Gasteiger partial charge < -0.3 is 5.11 Å². The maximum atomic E-state index is 13.7. The van der Waals surface area contributed by atoms with Crippen molar-refractivity contribution in [3.05, 3.63) is 41.8 Å². The third kappa shape index (κ3) is 3.49. The molecule has 102 valence electrons. The third-order valence-corrected chi connectivity index (χ3v) is 2.90. The number of fused-ring (bicyclic) bond motifs is 1. The minimum atomic E-state index is -0.752. The van der Waals surface area contributed by atoms with E-state index in [1.807, 2.05) is 11.9 Å². The van der Waals surface area contributed by atoms with Crippen LogP contribution in [-0.4, -0.2) is 34.2 Å². The Balaban J connectivity index is 2.29. The lowest BCUT2D eigenvalue weighted by molar-refractivity contribution is 0.0426. The summed E-state index contributed by atoms with van der Waals surface area (Å²) in [5.74, 6) is -0.253. The molecular formula is C15H19FN2O. The van der Waals surface area contributed by atoms with E-state index in [4.69, 9.17) is 0 Å². The summed E-state index contributed by atoms with van der Waals surface area (Å²) in [7, 11) is 1.93. The summed E-state index contributed by atoms with van der Waals surface area (Å²) in [4.78, 5) is 6.26. The van der Waals surface area contributed by atoms with Crippen LogP contribution in [0.25, 0.3) is 10.9 Å². The van der Waals surface area contributed by atoms with E-state index in [1.54, 1.807) is 38.2 Å². The van der Waals surface area contributed by atoms with Crippen molar-refractivity contribution >= 4 is 10.9 Å². The van der Waals surface area contributed by atoms with Crippen molar-refractivity contribution in [3.8, 4) is 0 Å². The molecule has 0 amide bonds. The van der Waals surface area contributed by atoms with Gasteiger partial charge in [-0.3, -0.25) is 9.88 Å². The van der Waals surface area contributed by atoms with Crippen LogP contribution in [0.4, 0.5) is 4.39 Å². The van der Waals surface area contributed by atoms with E-state index < -0.39 is 5.60 Å². The van der Waals surface area contributed by atoms with Crippen LogP contribution in [0, 0.1) is 5.82 Å². The smallest absolute Gasteiger partial charge is 0.132 e. The van der Waals surface area contributed by atoms with Crippen molar-refractivity contribution in [3.63, 3.8) is 0 Å². The zero-order valence-electron chi connectivity index (χ0n) is 11.5. The van der Waals surface area contributed by atoms with E-state index in [-0.39, 0.29) is 5.82 Å². The molecule has 1 N–H and O–H groups in total. The number of hydrogen-bond acceptors (Lipinski definition) is 3. The number of hydrogen-bond donors (Lipinski definition) is 1. The van der Waals surface area contributed by atoms with Crippen molar-refractivity contribution in [1.82, 2.24) is 9.88 Å². The second kappa shape index (κ2) is 5.23. The molecule has 0 aliphatic carbocycles. The van der Waals surface area contributed by atoms with Gasteiger partial charge in [-0.25, -0.2) is 4.39 Å². The fraction of sp³-hybridized carbons (Fsp3) is 0.400. The highest BCUT2D eigenvalue weighted by Gasteiger charge is 2.16. The Morgan fingerprint density at radius 3 is 2.74 bits per heavy atom. The highest BCUT2D eigenvalue weighted by Crippen LogP contribution is 2.21. The van der Waals surface area contributed by atoms with Gasteiger partial charge in [0.2, 0.25) is 0 Å². The summed E-state index contributed by atoms with van der Waals surface area (Å²) in [5.41, 5.74) is 0.895. The van der Waals surface area contributed by atoms with Gasteiger partial charge in [-0.1, -0.05) is 6.07 Å². The molecule has 0 atom stereocenters. The Kier molecular flexibility index (Phi) is 3.83. The average molecular weight is 262 g/mol. The summed E-state index contributed by atoms with van der Waals surface area (Å²) in [6, 6.07) is 6.69. The Morgan fingerprint density at radius 1 is 1.32 bits per heavy atom.